The van der Waals surface area contributed by atoms with Gasteiger partial charge in [-0.2, -0.15) is 15.8 Å². The van der Waals surface area contributed by atoms with Crippen LogP contribution in [0.3, 0.4) is 0 Å². The molecule has 14 rings (SSSR count). The molecule has 1 N–H and O–H groups in total. The lowest BCUT2D eigenvalue weighted by Crippen LogP contribution is -2.54. The number of nitrogens with zero attached hydrogens (tertiary/aromatic N) is 12. The molecule has 0 saturated carbocycles. The van der Waals surface area contributed by atoms with Crippen molar-refractivity contribution in [2.75, 3.05) is 106 Å². The van der Waals surface area contributed by atoms with Crippen LogP contribution in [0.25, 0.3) is 32.7 Å². The molecule has 5 aromatic carbocycles. The SMILES string of the molecule is Cc1ccc2c(c1)c(N1CCN(C(=O)c3ccco3)CC1)c(C#N)c(=O)n2Cc1ccc(F)cc1.N#Cc1c(N2CCN(C(=O)N3CCCCC3)CC2)c2ccccc2n(Cc2ccc(F)cc2)c1=O.N#Cc1c(N2CCN(C(=O)c3cccs3)CC2)c2ccccc2[nH]c1=O. The number of fused-ring (bicyclic) bond motifs is 3. The van der Waals surface area contributed by atoms with E-state index < -0.39 is 5.56 Å². The minimum absolute atomic E-state index is 0.0379. The van der Waals surface area contributed by atoms with Crippen molar-refractivity contribution in [1.29, 1.82) is 15.8 Å². The number of para-hydroxylation sites is 2. The molecule has 0 bridgehead atoms. The van der Waals surface area contributed by atoms with Gasteiger partial charge in [-0.1, -0.05) is 78.4 Å². The summed E-state index contributed by atoms with van der Waals surface area (Å²) in [6, 6.07) is 46.3. The third-order valence-electron chi connectivity index (χ3n) is 18.0. The maximum Gasteiger partial charge on any atom is 0.320 e. The van der Waals surface area contributed by atoms with Gasteiger partial charge in [0.15, 0.2) is 5.76 Å². The first kappa shape index (κ1) is 64.7. The van der Waals surface area contributed by atoms with Crippen molar-refractivity contribution in [3.05, 3.63) is 238 Å². The number of thiophene rings is 1. The molecule has 4 aliphatic rings. The van der Waals surface area contributed by atoms with Crippen molar-refractivity contribution >= 4 is 79.0 Å². The van der Waals surface area contributed by atoms with Gasteiger partial charge in [0.1, 0.15) is 46.5 Å². The van der Waals surface area contributed by atoms with Crippen LogP contribution in [0.5, 0.6) is 0 Å². The summed E-state index contributed by atoms with van der Waals surface area (Å²) in [5.41, 5.74) is 5.73. The lowest BCUT2D eigenvalue weighted by atomic mass is 10.0. The molecule has 9 heterocycles. The van der Waals surface area contributed by atoms with Crippen LogP contribution < -0.4 is 31.4 Å². The summed E-state index contributed by atoms with van der Waals surface area (Å²) in [6.45, 7) is 10.4. The highest BCUT2D eigenvalue weighted by Crippen LogP contribution is 2.34. The van der Waals surface area contributed by atoms with Crippen LogP contribution in [0.15, 0.2) is 170 Å². The Morgan fingerprint density at radius 2 is 0.990 bits per heavy atom. The van der Waals surface area contributed by atoms with Gasteiger partial charge >= 0.3 is 6.03 Å². The number of carbonyl (C=O) groups excluding carboxylic acids is 3. The van der Waals surface area contributed by atoms with Crippen LogP contribution in [0.4, 0.5) is 30.6 Å². The second-order valence-electron chi connectivity index (χ2n) is 23.9. The van der Waals surface area contributed by atoms with Crippen molar-refractivity contribution in [1.82, 2.24) is 33.7 Å². The van der Waals surface area contributed by atoms with E-state index in [2.05, 4.69) is 22.0 Å². The van der Waals surface area contributed by atoms with Gasteiger partial charge in [-0.05, 0) is 109 Å². The number of piperidine rings is 1. The average molecular weight is 1310 g/mol. The summed E-state index contributed by atoms with van der Waals surface area (Å²) >= 11 is 1.44. The number of piperazine rings is 3. The summed E-state index contributed by atoms with van der Waals surface area (Å²) in [5.74, 6) is -0.529. The molecule has 96 heavy (non-hydrogen) atoms. The summed E-state index contributed by atoms with van der Waals surface area (Å²) in [5, 5.41) is 33.9. The van der Waals surface area contributed by atoms with Gasteiger partial charge in [0.2, 0.25) is 0 Å². The summed E-state index contributed by atoms with van der Waals surface area (Å²) in [7, 11) is 0. The number of hydrogen-bond acceptors (Lipinski definition) is 14. The lowest BCUT2D eigenvalue weighted by Gasteiger charge is -2.40. The number of hydrogen-bond donors (Lipinski definition) is 1. The van der Waals surface area contributed by atoms with Crippen molar-refractivity contribution in [3.8, 4) is 18.2 Å². The van der Waals surface area contributed by atoms with Gasteiger partial charge in [0.05, 0.1) is 57.8 Å². The molecule has 0 spiro atoms. The predicted molar refractivity (Wildman–Crippen MR) is 365 cm³/mol. The smallest absolute Gasteiger partial charge is 0.320 e. The molecule has 0 unspecified atom stereocenters. The molecular formula is C73H67F2N13O7S. The number of anilines is 3. The van der Waals surface area contributed by atoms with Gasteiger partial charge in [0.25, 0.3) is 28.5 Å². The number of benzene rings is 5. The maximum absolute atomic E-state index is 13.5. The number of H-pyrrole nitrogens is 1. The number of pyridine rings is 3. The zero-order chi connectivity index (χ0) is 67.0. The van der Waals surface area contributed by atoms with Crippen LogP contribution in [-0.2, 0) is 13.1 Å². The summed E-state index contributed by atoms with van der Waals surface area (Å²) in [4.78, 5) is 94.4. The fourth-order valence-electron chi connectivity index (χ4n) is 13.1. The van der Waals surface area contributed by atoms with Crippen LogP contribution in [0.2, 0.25) is 0 Å². The van der Waals surface area contributed by atoms with Gasteiger partial charge in [-0.15, -0.1) is 11.3 Å². The highest BCUT2D eigenvalue weighted by molar-refractivity contribution is 7.12. The first-order chi connectivity index (χ1) is 46.7. The van der Waals surface area contributed by atoms with E-state index in [0.29, 0.717) is 112 Å². The molecule has 4 saturated heterocycles. The molecule has 23 heteroatoms. The van der Waals surface area contributed by atoms with Crippen molar-refractivity contribution in [3.63, 3.8) is 0 Å². The minimum atomic E-state index is -0.391. The topological polar surface area (TPSA) is 235 Å². The Hall–Kier alpha value is -11.4. The van der Waals surface area contributed by atoms with Gasteiger partial charge in [-0.3, -0.25) is 24.0 Å². The van der Waals surface area contributed by atoms with Gasteiger partial charge in [-0.25, -0.2) is 13.6 Å². The number of aromatic amines is 1. The lowest BCUT2D eigenvalue weighted by molar-refractivity contribution is 0.0713. The number of furan rings is 1. The number of nitriles is 3. The number of amides is 4. The van der Waals surface area contributed by atoms with Crippen LogP contribution in [0.1, 0.15) is 72.9 Å². The van der Waals surface area contributed by atoms with E-state index in [1.807, 2.05) is 122 Å². The third-order valence-corrected chi connectivity index (χ3v) is 18.9. The Morgan fingerprint density at radius 1 is 0.500 bits per heavy atom. The minimum Gasteiger partial charge on any atom is -0.459 e. The molecule has 0 aliphatic carbocycles. The number of likely N-dealkylation sites (tertiary alicyclic amines) is 1. The van der Waals surface area contributed by atoms with E-state index in [0.717, 1.165) is 69.2 Å². The second-order valence-corrected chi connectivity index (χ2v) is 24.8. The second kappa shape index (κ2) is 28.9. The number of rotatable bonds is 9. The highest BCUT2D eigenvalue weighted by Gasteiger charge is 2.32. The standard InChI is InChI=1S/C27H28FN5O2.C27H23FN4O3.C19H16N4O2S/c28-21-10-8-20(9-11-21)19-33-24-7-3-2-6-22(24)25(23(18-29)26(33)34)30-14-16-32(17-15-30)27(35)31-12-4-1-5-13-31;1-18-4-9-23-21(15-18)25(30-10-12-31(13-11-30)27(34)24-3-2-14-35-24)22(16-29)26(33)32(23)17-19-5-7-20(28)8-6-19;20-12-14-17(13-4-1-2-5-15(13)21-18(14)24)22-7-9-23(10-8-22)19(25)16-6-3-11-26-16/h2-3,6-11H,1,4-5,12-17,19H2;2-9,14-15H,10-13,17H2,1H3;1-6,11H,7-10H2,(H,21,24). The largest absolute Gasteiger partial charge is 0.459 e. The number of urea groups is 1. The Bertz CT molecular complexity index is 4850. The van der Waals surface area contributed by atoms with E-state index in [1.54, 1.807) is 50.4 Å². The fourth-order valence-corrected chi connectivity index (χ4v) is 13.8. The Kier molecular flexibility index (Phi) is 19.5. The zero-order valence-corrected chi connectivity index (χ0v) is 53.6. The third kappa shape index (κ3) is 13.6. The predicted octanol–water partition coefficient (Wildman–Crippen LogP) is 10.1. The molecule has 10 aromatic rings. The van der Waals surface area contributed by atoms with Crippen LogP contribution in [-0.4, -0.2) is 143 Å². The fraction of sp³-hybridized carbons (Fsp3) is 0.274. The number of halogens is 2. The molecule has 20 nitrogen and oxygen atoms in total. The van der Waals surface area contributed by atoms with E-state index in [4.69, 9.17) is 4.42 Å². The Balaban J connectivity index is 0.000000139. The first-order valence-electron chi connectivity index (χ1n) is 31.8. The molecule has 0 radical (unpaired) electrons. The number of aryl methyl sites for hydroxylation is 1. The van der Waals surface area contributed by atoms with E-state index in [-0.39, 0.29) is 70.4 Å². The normalized spacial score (nSPS) is 14.9. The van der Waals surface area contributed by atoms with Crippen LogP contribution >= 0.6 is 11.3 Å². The Morgan fingerprint density at radius 3 is 1.52 bits per heavy atom. The summed E-state index contributed by atoms with van der Waals surface area (Å²) in [6.07, 6.45) is 4.75. The number of nitrogens with one attached hydrogen (secondary N) is 1. The van der Waals surface area contributed by atoms with Gasteiger partial charge < -0.3 is 52.8 Å². The quantitative estimate of drug-likeness (QED) is 0.142. The van der Waals surface area contributed by atoms with Crippen molar-refractivity contribution < 1.29 is 27.6 Å². The average Bonchev–Trinajstić information content (AvgIpc) is 0.913. The molecule has 4 fully saturated rings. The van der Waals surface area contributed by atoms with E-state index >= 15 is 0 Å². The number of carbonyl (C=O) groups is 3. The molecule has 5 aromatic heterocycles. The molecular weight excluding hydrogens is 1240 g/mol. The van der Waals surface area contributed by atoms with E-state index in [1.165, 1.54) is 48.3 Å². The van der Waals surface area contributed by atoms with Crippen LogP contribution in [0, 0.1) is 52.6 Å². The molecule has 4 amide bonds. The molecule has 0 atom stereocenters. The highest BCUT2D eigenvalue weighted by atomic mass is 32.1. The first-order valence-corrected chi connectivity index (χ1v) is 32.7. The Labute approximate surface area is 555 Å². The zero-order valence-electron chi connectivity index (χ0n) is 52.8. The molecule has 486 valence electrons. The van der Waals surface area contributed by atoms with E-state index in [9.17, 15) is 53.3 Å². The molecule has 4 aliphatic heterocycles. The number of aromatic nitrogens is 3. The maximum atomic E-state index is 13.5. The monoisotopic (exact) mass is 1310 g/mol. The van der Waals surface area contributed by atoms with Crippen molar-refractivity contribution in [2.45, 2.75) is 39.3 Å². The summed E-state index contributed by atoms with van der Waals surface area (Å²) < 4.78 is 35.2. The van der Waals surface area contributed by atoms with Crippen molar-refractivity contribution in [2.24, 2.45) is 0 Å². The van der Waals surface area contributed by atoms with Gasteiger partial charge in [0, 0.05) is 108 Å².